The summed E-state index contributed by atoms with van der Waals surface area (Å²) in [6.45, 7) is 0. The van der Waals surface area contributed by atoms with E-state index in [4.69, 9.17) is 15.9 Å². The van der Waals surface area contributed by atoms with Gasteiger partial charge < -0.3 is 21.3 Å². The molecule has 1 aromatic carbocycles. The number of benzene rings is 1. The van der Waals surface area contributed by atoms with Crippen molar-refractivity contribution in [1.29, 1.82) is 0 Å². The van der Waals surface area contributed by atoms with Gasteiger partial charge in [0.1, 0.15) is 0 Å². The summed E-state index contributed by atoms with van der Waals surface area (Å²) in [7, 11) is 0. The number of rotatable bonds is 5. The molecular weight excluding hydrogens is 224 g/mol. The fourth-order valence-electron chi connectivity index (χ4n) is 1.26. The van der Waals surface area contributed by atoms with Gasteiger partial charge in [0, 0.05) is 0 Å². The van der Waals surface area contributed by atoms with Crippen molar-refractivity contribution in [3.05, 3.63) is 35.9 Å². The smallest absolute Gasteiger partial charge is 0.353 e. The molecule has 0 aromatic heterocycles. The number of aliphatic hydroxyl groups is 1. The minimum Gasteiger partial charge on any atom is -0.478 e. The van der Waals surface area contributed by atoms with Crippen molar-refractivity contribution in [2.75, 3.05) is 0 Å². The second-order valence-electron chi connectivity index (χ2n) is 3.55. The fraction of sp³-hybridized carbons (Fsp3) is 0.273. The molecule has 0 fully saturated rings. The maximum absolute atomic E-state index is 11.4. The molecule has 5 N–H and O–H groups in total. The molecule has 0 aliphatic rings. The summed E-state index contributed by atoms with van der Waals surface area (Å²) in [5, 5.41) is 19.2. The van der Waals surface area contributed by atoms with Gasteiger partial charge in [-0.2, -0.15) is 0 Å². The Morgan fingerprint density at radius 3 is 2.41 bits per heavy atom. The number of aliphatic hydroxyl groups excluding tert-OH is 1. The number of carboxylic acid groups (broad SMARTS) is 1. The second kappa shape index (κ2) is 5.97. The van der Waals surface area contributed by atoms with E-state index in [1.165, 1.54) is 0 Å². The molecular formula is C11H14N2O4. The zero-order chi connectivity index (χ0) is 12.8. The number of carbonyl (C=O) groups is 2. The third-order valence-corrected chi connectivity index (χ3v) is 2.15. The van der Waals surface area contributed by atoms with Gasteiger partial charge in [-0.05, 0) is 12.0 Å². The van der Waals surface area contributed by atoms with Crippen LogP contribution in [0.15, 0.2) is 30.3 Å². The van der Waals surface area contributed by atoms with Crippen molar-refractivity contribution < 1.29 is 19.8 Å². The number of hydrogen-bond acceptors (Lipinski definition) is 4. The highest BCUT2D eigenvalue weighted by Gasteiger charge is 2.20. The molecule has 1 rings (SSSR count). The van der Waals surface area contributed by atoms with Gasteiger partial charge in [0.15, 0.2) is 0 Å². The summed E-state index contributed by atoms with van der Waals surface area (Å²) in [6, 6.07) is 8.18. The number of aliphatic carboxylic acids is 1. The minimum absolute atomic E-state index is 0.277. The number of amides is 1. The van der Waals surface area contributed by atoms with Gasteiger partial charge in [0.25, 0.3) is 0 Å². The molecule has 0 saturated carbocycles. The lowest BCUT2D eigenvalue weighted by atomic mass is 10.1. The van der Waals surface area contributed by atoms with Gasteiger partial charge in [-0.3, -0.25) is 4.79 Å². The van der Waals surface area contributed by atoms with Crippen LogP contribution in [0.1, 0.15) is 5.56 Å². The van der Waals surface area contributed by atoms with Gasteiger partial charge in [0.05, 0.1) is 6.04 Å². The Morgan fingerprint density at radius 2 is 1.88 bits per heavy atom. The number of carbonyl (C=O) groups excluding carboxylic acids is 1. The van der Waals surface area contributed by atoms with Crippen LogP contribution in [0.3, 0.4) is 0 Å². The van der Waals surface area contributed by atoms with Crippen molar-refractivity contribution in [1.82, 2.24) is 5.32 Å². The van der Waals surface area contributed by atoms with Crippen LogP contribution in [0.25, 0.3) is 0 Å². The topological polar surface area (TPSA) is 113 Å². The molecule has 0 saturated heterocycles. The van der Waals surface area contributed by atoms with E-state index in [-0.39, 0.29) is 6.42 Å². The van der Waals surface area contributed by atoms with Crippen molar-refractivity contribution >= 4 is 11.9 Å². The van der Waals surface area contributed by atoms with E-state index in [1.807, 2.05) is 23.5 Å². The first-order valence-corrected chi connectivity index (χ1v) is 5.01. The number of nitrogens with two attached hydrogens (primary N) is 1. The molecule has 17 heavy (non-hydrogen) atoms. The zero-order valence-corrected chi connectivity index (χ0v) is 9.04. The van der Waals surface area contributed by atoms with E-state index < -0.39 is 24.1 Å². The first kappa shape index (κ1) is 13.1. The van der Waals surface area contributed by atoms with E-state index >= 15 is 0 Å². The Morgan fingerprint density at radius 1 is 1.29 bits per heavy atom. The van der Waals surface area contributed by atoms with E-state index in [2.05, 4.69) is 0 Å². The summed E-state index contributed by atoms with van der Waals surface area (Å²) in [6.07, 6.45) is -1.65. The summed E-state index contributed by atoms with van der Waals surface area (Å²) >= 11 is 0. The first-order chi connectivity index (χ1) is 8.00. The summed E-state index contributed by atoms with van der Waals surface area (Å²) < 4.78 is 0. The van der Waals surface area contributed by atoms with E-state index in [1.54, 1.807) is 12.1 Å². The molecule has 0 radical (unpaired) electrons. The molecule has 1 aromatic rings. The van der Waals surface area contributed by atoms with Crippen LogP contribution in [0, 0.1) is 0 Å². The minimum atomic E-state index is -1.93. The number of hydrogen-bond donors (Lipinski definition) is 4. The molecule has 6 nitrogen and oxygen atoms in total. The van der Waals surface area contributed by atoms with Gasteiger partial charge in [0.2, 0.25) is 12.1 Å². The monoisotopic (exact) mass is 238 g/mol. The van der Waals surface area contributed by atoms with Crippen LogP contribution in [0.2, 0.25) is 0 Å². The standard InChI is InChI=1S/C11H14N2O4/c12-8(6-7-4-2-1-3-5-7)9(14)13-10(15)11(16)17/h1-5,8,10,15H,6,12H2,(H,13,14)(H,16,17)/t8-,10?/m0/s1. The zero-order valence-electron chi connectivity index (χ0n) is 9.04. The van der Waals surface area contributed by atoms with Crippen LogP contribution in [0.4, 0.5) is 0 Å². The van der Waals surface area contributed by atoms with Gasteiger partial charge in [-0.1, -0.05) is 30.3 Å². The highest BCUT2D eigenvalue weighted by atomic mass is 16.4. The molecule has 1 amide bonds. The Balaban J connectivity index is 2.50. The average Bonchev–Trinajstić information content (AvgIpc) is 2.29. The molecule has 0 aliphatic carbocycles. The maximum Gasteiger partial charge on any atom is 0.353 e. The predicted molar refractivity (Wildman–Crippen MR) is 59.9 cm³/mol. The Kier molecular flexibility index (Phi) is 4.62. The molecule has 92 valence electrons. The molecule has 2 atom stereocenters. The number of nitrogens with one attached hydrogen (secondary N) is 1. The van der Waals surface area contributed by atoms with Crippen LogP contribution in [-0.4, -0.2) is 34.4 Å². The second-order valence-corrected chi connectivity index (χ2v) is 3.55. The maximum atomic E-state index is 11.4. The molecule has 0 heterocycles. The van der Waals surface area contributed by atoms with E-state index in [9.17, 15) is 9.59 Å². The van der Waals surface area contributed by atoms with Gasteiger partial charge in [-0.25, -0.2) is 4.79 Å². The van der Waals surface area contributed by atoms with Crippen LogP contribution < -0.4 is 11.1 Å². The lowest BCUT2D eigenvalue weighted by Crippen LogP contribution is -2.49. The average molecular weight is 238 g/mol. The highest BCUT2D eigenvalue weighted by molar-refractivity contribution is 5.86. The third-order valence-electron chi connectivity index (χ3n) is 2.15. The highest BCUT2D eigenvalue weighted by Crippen LogP contribution is 2.01. The first-order valence-electron chi connectivity index (χ1n) is 5.01. The van der Waals surface area contributed by atoms with E-state index in [0.717, 1.165) is 5.56 Å². The molecule has 0 bridgehead atoms. The Labute approximate surface area is 98.1 Å². The van der Waals surface area contributed by atoms with Crippen molar-refractivity contribution in [3.63, 3.8) is 0 Å². The summed E-state index contributed by atoms with van der Waals surface area (Å²) in [5.41, 5.74) is 6.44. The summed E-state index contributed by atoms with van der Waals surface area (Å²) in [4.78, 5) is 21.7. The SMILES string of the molecule is N[C@@H](Cc1ccccc1)C(=O)NC(O)C(=O)O. The van der Waals surface area contributed by atoms with Crippen molar-refractivity contribution in [2.24, 2.45) is 5.73 Å². The lowest BCUT2D eigenvalue weighted by molar-refractivity contribution is -0.151. The fourth-order valence-corrected chi connectivity index (χ4v) is 1.26. The third kappa shape index (κ3) is 4.21. The molecule has 0 spiro atoms. The lowest BCUT2D eigenvalue weighted by Gasteiger charge is -2.14. The largest absolute Gasteiger partial charge is 0.478 e. The van der Waals surface area contributed by atoms with Crippen molar-refractivity contribution in [2.45, 2.75) is 18.7 Å². The molecule has 0 aliphatic heterocycles. The van der Waals surface area contributed by atoms with Gasteiger partial charge in [-0.15, -0.1) is 0 Å². The Hall–Kier alpha value is -1.92. The Bertz CT molecular complexity index is 394. The number of carboxylic acids is 1. The van der Waals surface area contributed by atoms with Crippen LogP contribution >= 0.6 is 0 Å². The predicted octanol–water partition coefficient (Wildman–Crippen LogP) is -0.924. The quantitative estimate of drug-likeness (QED) is 0.495. The van der Waals surface area contributed by atoms with Crippen molar-refractivity contribution in [3.8, 4) is 0 Å². The van der Waals surface area contributed by atoms with E-state index in [0.29, 0.717) is 0 Å². The van der Waals surface area contributed by atoms with Crippen LogP contribution in [0.5, 0.6) is 0 Å². The van der Waals surface area contributed by atoms with Gasteiger partial charge >= 0.3 is 5.97 Å². The molecule has 1 unspecified atom stereocenters. The molecule has 6 heteroatoms. The van der Waals surface area contributed by atoms with Crippen LogP contribution in [-0.2, 0) is 16.0 Å². The summed E-state index contributed by atoms with van der Waals surface area (Å²) in [5.74, 6) is -2.23. The normalized spacial score (nSPS) is 13.8.